The van der Waals surface area contributed by atoms with Gasteiger partial charge in [0.1, 0.15) is 0 Å². The van der Waals surface area contributed by atoms with Crippen LogP contribution in [0.15, 0.2) is 0 Å². The molecule has 1 heterocycles. The zero-order chi connectivity index (χ0) is 13.1. The van der Waals surface area contributed by atoms with E-state index in [1.807, 2.05) is 13.1 Å². The molecule has 1 fully saturated rings. The third-order valence-electron chi connectivity index (χ3n) is 3.45. The van der Waals surface area contributed by atoms with E-state index in [9.17, 15) is 8.42 Å². The summed E-state index contributed by atoms with van der Waals surface area (Å²) in [6.45, 7) is 5.53. The number of nitrogens with zero attached hydrogens (tertiary/aromatic N) is 3. The van der Waals surface area contributed by atoms with E-state index in [0.29, 0.717) is 19.5 Å². The Balaban J connectivity index is 2.84. The molecule has 6 heteroatoms. The standard InChI is InChI=1S/C11H21N3O2S/c1-4-10-9-14(7-6-13(10)3)17(15,16)11(5-2)8-12/h10-11H,4-7,9H2,1-3H3. The molecule has 0 N–H and O–H groups in total. The maximum absolute atomic E-state index is 12.2. The maximum Gasteiger partial charge on any atom is 0.230 e. The van der Waals surface area contributed by atoms with Crippen molar-refractivity contribution in [3.63, 3.8) is 0 Å². The van der Waals surface area contributed by atoms with Gasteiger partial charge in [-0.3, -0.25) is 0 Å². The third-order valence-corrected chi connectivity index (χ3v) is 5.65. The van der Waals surface area contributed by atoms with E-state index in [-0.39, 0.29) is 6.04 Å². The van der Waals surface area contributed by atoms with Crippen molar-refractivity contribution in [2.75, 3.05) is 26.7 Å². The fourth-order valence-corrected chi connectivity index (χ4v) is 3.77. The van der Waals surface area contributed by atoms with Crippen LogP contribution in [0.2, 0.25) is 0 Å². The molecule has 2 unspecified atom stereocenters. The van der Waals surface area contributed by atoms with E-state index in [2.05, 4.69) is 11.8 Å². The smallest absolute Gasteiger partial charge is 0.230 e. The second-order valence-corrected chi connectivity index (χ2v) is 6.59. The summed E-state index contributed by atoms with van der Waals surface area (Å²) in [4.78, 5) is 2.18. The molecule has 0 amide bonds. The molecule has 17 heavy (non-hydrogen) atoms. The van der Waals surface area contributed by atoms with Gasteiger partial charge >= 0.3 is 0 Å². The number of hydrogen-bond donors (Lipinski definition) is 0. The van der Waals surface area contributed by atoms with Crippen LogP contribution in [0.3, 0.4) is 0 Å². The van der Waals surface area contributed by atoms with E-state index >= 15 is 0 Å². The molecular formula is C11H21N3O2S. The first kappa shape index (κ1) is 14.4. The van der Waals surface area contributed by atoms with E-state index < -0.39 is 15.3 Å². The first-order chi connectivity index (χ1) is 7.97. The van der Waals surface area contributed by atoms with E-state index in [0.717, 1.165) is 13.0 Å². The van der Waals surface area contributed by atoms with Crippen LogP contribution in [-0.2, 0) is 10.0 Å². The number of piperazine rings is 1. The van der Waals surface area contributed by atoms with Gasteiger partial charge in [0.2, 0.25) is 10.0 Å². The summed E-state index contributed by atoms with van der Waals surface area (Å²) in [6, 6.07) is 2.15. The average molecular weight is 259 g/mol. The van der Waals surface area contributed by atoms with E-state index in [1.54, 1.807) is 6.92 Å². The normalized spacial score (nSPS) is 25.4. The van der Waals surface area contributed by atoms with Crippen molar-refractivity contribution in [1.29, 1.82) is 5.26 Å². The van der Waals surface area contributed by atoms with Crippen LogP contribution in [0.5, 0.6) is 0 Å². The number of sulfonamides is 1. The van der Waals surface area contributed by atoms with E-state index in [4.69, 9.17) is 5.26 Å². The van der Waals surface area contributed by atoms with Crippen molar-refractivity contribution < 1.29 is 8.42 Å². The summed E-state index contributed by atoms with van der Waals surface area (Å²) >= 11 is 0. The summed E-state index contributed by atoms with van der Waals surface area (Å²) in [5.74, 6) is 0. The number of likely N-dealkylation sites (N-methyl/N-ethyl adjacent to an activating group) is 1. The fraction of sp³-hybridized carbons (Fsp3) is 0.909. The van der Waals surface area contributed by atoms with Gasteiger partial charge in [0.15, 0.2) is 5.25 Å². The topological polar surface area (TPSA) is 64.4 Å². The highest BCUT2D eigenvalue weighted by Gasteiger charge is 2.35. The van der Waals surface area contributed by atoms with Crippen LogP contribution in [0.4, 0.5) is 0 Å². The van der Waals surface area contributed by atoms with Crippen molar-refractivity contribution in [2.24, 2.45) is 0 Å². The van der Waals surface area contributed by atoms with Gasteiger partial charge in [-0.1, -0.05) is 13.8 Å². The number of rotatable bonds is 4. The molecule has 0 spiro atoms. The largest absolute Gasteiger partial charge is 0.301 e. The molecule has 5 nitrogen and oxygen atoms in total. The second-order valence-electron chi connectivity index (χ2n) is 4.47. The van der Waals surface area contributed by atoms with Crippen LogP contribution >= 0.6 is 0 Å². The average Bonchev–Trinajstić information content (AvgIpc) is 2.30. The first-order valence-corrected chi connectivity index (χ1v) is 7.56. The molecule has 0 saturated carbocycles. The molecule has 0 aliphatic carbocycles. The highest BCUT2D eigenvalue weighted by molar-refractivity contribution is 7.90. The molecule has 1 aliphatic rings. The van der Waals surface area contributed by atoms with Gasteiger partial charge in [0.25, 0.3) is 0 Å². The fourth-order valence-electron chi connectivity index (χ4n) is 2.14. The van der Waals surface area contributed by atoms with Crippen molar-refractivity contribution in [2.45, 2.75) is 38.0 Å². The van der Waals surface area contributed by atoms with Crippen LogP contribution in [0.25, 0.3) is 0 Å². The minimum Gasteiger partial charge on any atom is -0.301 e. The predicted molar refractivity (Wildman–Crippen MR) is 66.9 cm³/mol. The summed E-state index contributed by atoms with van der Waals surface area (Å²) in [5, 5.41) is 8.00. The zero-order valence-corrected chi connectivity index (χ0v) is 11.6. The minimum absolute atomic E-state index is 0.259. The lowest BCUT2D eigenvalue weighted by Gasteiger charge is -2.38. The van der Waals surface area contributed by atoms with Crippen molar-refractivity contribution in [3.05, 3.63) is 0 Å². The second kappa shape index (κ2) is 5.80. The van der Waals surface area contributed by atoms with Crippen molar-refractivity contribution >= 4 is 10.0 Å². The summed E-state index contributed by atoms with van der Waals surface area (Å²) < 4.78 is 25.9. The van der Waals surface area contributed by atoms with Crippen LogP contribution in [0.1, 0.15) is 26.7 Å². The molecule has 98 valence electrons. The summed E-state index contributed by atoms with van der Waals surface area (Å²) in [7, 11) is -1.43. The van der Waals surface area contributed by atoms with Gasteiger partial charge in [0, 0.05) is 25.7 Å². The molecule has 0 aromatic heterocycles. The Hall–Kier alpha value is -0.640. The lowest BCUT2D eigenvalue weighted by Crippen LogP contribution is -2.54. The van der Waals surface area contributed by atoms with Crippen LogP contribution < -0.4 is 0 Å². The maximum atomic E-state index is 12.2. The predicted octanol–water partition coefficient (Wildman–Crippen LogP) is 0.644. The molecule has 0 aromatic rings. The Bertz CT molecular complexity index is 388. The van der Waals surface area contributed by atoms with Crippen LogP contribution in [-0.4, -0.2) is 55.6 Å². The minimum atomic E-state index is -3.45. The highest BCUT2D eigenvalue weighted by atomic mass is 32.2. The summed E-state index contributed by atoms with van der Waals surface area (Å²) in [6.07, 6.45) is 1.27. The quantitative estimate of drug-likeness (QED) is 0.743. The van der Waals surface area contributed by atoms with Crippen molar-refractivity contribution in [3.8, 4) is 6.07 Å². The van der Waals surface area contributed by atoms with E-state index in [1.165, 1.54) is 4.31 Å². The Labute approximate surface area is 104 Å². The number of hydrogen-bond acceptors (Lipinski definition) is 4. The molecule has 0 aromatic carbocycles. The van der Waals surface area contributed by atoms with Gasteiger partial charge < -0.3 is 4.90 Å². The zero-order valence-electron chi connectivity index (χ0n) is 10.8. The Morgan fingerprint density at radius 3 is 2.53 bits per heavy atom. The highest BCUT2D eigenvalue weighted by Crippen LogP contribution is 2.18. The Kier molecular flexibility index (Phi) is 4.92. The Morgan fingerprint density at radius 2 is 2.06 bits per heavy atom. The molecule has 1 rings (SSSR count). The monoisotopic (exact) mass is 259 g/mol. The lowest BCUT2D eigenvalue weighted by atomic mass is 10.1. The molecular weight excluding hydrogens is 238 g/mol. The first-order valence-electron chi connectivity index (χ1n) is 6.06. The summed E-state index contributed by atoms with van der Waals surface area (Å²) in [5.41, 5.74) is 0. The van der Waals surface area contributed by atoms with Gasteiger partial charge in [-0.2, -0.15) is 9.57 Å². The molecule has 0 radical (unpaired) electrons. The molecule has 2 atom stereocenters. The third kappa shape index (κ3) is 2.97. The molecule has 0 bridgehead atoms. The number of nitriles is 1. The van der Waals surface area contributed by atoms with Gasteiger partial charge in [-0.05, 0) is 19.9 Å². The van der Waals surface area contributed by atoms with Gasteiger partial charge in [0.05, 0.1) is 6.07 Å². The molecule has 1 aliphatic heterocycles. The SMILES string of the molecule is CCC1CN(S(=O)(=O)C(C#N)CC)CCN1C. The lowest BCUT2D eigenvalue weighted by molar-refractivity contribution is 0.143. The van der Waals surface area contributed by atoms with Crippen molar-refractivity contribution in [1.82, 2.24) is 9.21 Å². The Morgan fingerprint density at radius 1 is 1.41 bits per heavy atom. The molecule has 1 saturated heterocycles. The van der Waals surface area contributed by atoms with Gasteiger partial charge in [-0.15, -0.1) is 0 Å². The van der Waals surface area contributed by atoms with Gasteiger partial charge in [-0.25, -0.2) is 8.42 Å². The van der Waals surface area contributed by atoms with Crippen LogP contribution in [0, 0.1) is 11.3 Å².